The Morgan fingerprint density at radius 2 is 1.87 bits per heavy atom. The summed E-state index contributed by atoms with van der Waals surface area (Å²) in [5.74, 6) is -2.92. The number of carbonyl (C=O) groups is 2. The summed E-state index contributed by atoms with van der Waals surface area (Å²) in [5, 5.41) is 9.07. The standard InChI is InChI=1S/C10H9ClO4/c1-6(9(12)13)10(14)15-8-4-2-7(11)3-5-8/h2-6H,1H3,(H,12,13). The number of hydrogen-bond acceptors (Lipinski definition) is 3. The molecule has 5 heteroatoms. The SMILES string of the molecule is CC(C(=O)O)C(=O)Oc1ccc(Cl)cc1. The summed E-state index contributed by atoms with van der Waals surface area (Å²) >= 11 is 5.63. The maximum absolute atomic E-state index is 11.2. The smallest absolute Gasteiger partial charge is 0.325 e. The largest absolute Gasteiger partial charge is 0.481 e. The molecule has 0 bridgehead atoms. The van der Waals surface area contributed by atoms with Gasteiger partial charge >= 0.3 is 11.9 Å². The number of carbonyl (C=O) groups excluding carboxylic acids is 1. The van der Waals surface area contributed by atoms with E-state index in [-0.39, 0.29) is 5.75 Å². The second kappa shape index (κ2) is 4.79. The van der Waals surface area contributed by atoms with Gasteiger partial charge in [-0.2, -0.15) is 0 Å². The second-order valence-corrected chi connectivity index (χ2v) is 3.37. The van der Waals surface area contributed by atoms with Crippen LogP contribution in [0.15, 0.2) is 24.3 Å². The van der Waals surface area contributed by atoms with Crippen LogP contribution in [0, 0.1) is 5.92 Å². The molecule has 1 rings (SSSR count). The van der Waals surface area contributed by atoms with E-state index in [4.69, 9.17) is 21.4 Å². The number of rotatable bonds is 3. The van der Waals surface area contributed by atoms with Crippen LogP contribution >= 0.6 is 11.6 Å². The van der Waals surface area contributed by atoms with E-state index in [1.54, 1.807) is 12.1 Å². The molecule has 0 saturated carbocycles. The van der Waals surface area contributed by atoms with Gasteiger partial charge in [-0.15, -0.1) is 0 Å². The van der Waals surface area contributed by atoms with Crippen LogP contribution < -0.4 is 4.74 Å². The zero-order valence-electron chi connectivity index (χ0n) is 7.94. The summed E-state index contributed by atoms with van der Waals surface area (Å²) in [6.45, 7) is 1.26. The maximum Gasteiger partial charge on any atom is 0.325 e. The van der Waals surface area contributed by atoms with E-state index in [0.717, 1.165) is 0 Å². The molecule has 0 aliphatic carbocycles. The fourth-order valence-corrected chi connectivity index (χ4v) is 0.934. The summed E-state index contributed by atoms with van der Waals surface area (Å²) in [5.41, 5.74) is 0. The second-order valence-electron chi connectivity index (χ2n) is 2.93. The van der Waals surface area contributed by atoms with Gasteiger partial charge in [0.1, 0.15) is 5.75 Å². The van der Waals surface area contributed by atoms with Crippen molar-refractivity contribution in [3.05, 3.63) is 29.3 Å². The van der Waals surface area contributed by atoms with E-state index in [0.29, 0.717) is 5.02 Å². The Morgan fingerprint density at radius 3 is 2.33 bits per heavy atom. The van der Waals surface area contributed by atoms with E-state index in [9.17, 15) is 9.59 Å². The fraction of sp³-hybridized carbons (Fsp3) is 0.200. The highest BCUT2D eigenvalue weighted by Gasteiger charge is 2.22. The van der Waals surface area contributed by atoms with Gasteiger partial charge < -0.3 is 9.84 Å². The van der Waals surface area contributed by atoms with Crippen LogP contribution in [0.2, 0.25) is 5.02 Å². The minimum absolute atomic E-state index is 0.275. The molecule has 0 radical (unpaired) electrons. The van der Waals surface area contributed by atoms with Crippen molar-refractivity contribution in [2.24, 2.45) is 5.92 Å². The maximum atomic E-state index is 11.2. The van der Waals surface area contributed by atoms with Crippen LogP contribution in [-0.2, 0) is 9.59 Å². The van der Waals surface area contributed by atoms with Gasteiger partial charge in [-0.3, -0.25) is 9.59 Å². The van der Waals surface area contributed by atoms with Gasteiger partial charge in [-0.25, -0.2) is 0 Å². The molecule has 0 aromatic heterocycles. The molecule has 0 aliphatic rings. The average Bonchev–Trinajstić information content (AvgIpc) is 2.20. The number of ether oxygens (including phenoxy) is 1. The molecule has 4 nitrogen and oxygen atoms in total. The molecule has 0 saturated heterocycles. The van der Waals surface area contributed by atoms with Gasteiger partial charge in [0.05, 0.1) is 0 Å². The van der Waals surface area contributed by atoms with Crippen LogP contribution in [0.5, 0.6) is 5.75 Å². The summed E-state index contributed by atoms with van der Waals surface area (Å²) in [6.07, 6.45) is 0. The number of hydrogen-bond donors (Lipinski definition) is 1. The Labute approximate surface area is 91.4 Å². The molecule has 0 aliphatic heterocycles. The van der Waals surface area contributed by atoms with E-state index >= 15 is 0 Å². The highest BCUT2D eigenvalue weighted by molar-refractivity contribution is 6.30. The number of halogens is 1. The molecule has 0 fully saturated rings. The first-order chi connectivity index (χ1) is 7.00. The van der Waals surface area contributed by atoms with Crippen LogP contribution in [0.1, 0.15) is 6.92 Å². The molecule has 80 valence electrons. The Bertz CT molecular complexity index is 372. The predicted molar refractivity (Wildman–Crippen MR) is 53.9 cm³/mol. The van der Waals surface area contributed by atoms with Gasteiger partial charge in [0, 0.05) is 5.02 Å². The zero-order valence-corrected chi connectivity index (χ0v) is 8.69. The summed E-state index contributed by atoms with van der Waals surface area (Å²) < 4.78 is 4.81. The number of carboxylic acid groups (broad SMARTS) is 1. The number of esters is 1. The molecule has 15 heavy (non-hydrogen) atoms. The molecular formula is C10H9ClO4. The lowest BCUT2D eigenvalue weighted by Gasteiger charge is -2.06. The van der Waals surface area contributed by atoms with Crippen LogP contribution in [-0.4, -0.2) is 17.0 Å². The molecular weight excluding hydrogens is 220 g/mol. The highest BCUT2D eigenvalue weighted by Crippen LogP contribution is 2.16. The van der Waals surface area contributed by atoms with Gasteiger partial charge in [0.25, 0.3) is 0 Å². The van der Waals surface area contributed by atoms with Crippen LogP contribution in [0.25, 0.3) is 0 Å². The van der Waals surface area contributed by atoms with Crippen molar-refractivity contribution in [2.75, 3.05) is 0 Å². The minimum atomic E-state index is -1.21. The molecule has 1 aromatic carbocycles. The normalized spacial score (nSPS) is 11.9. The number of carboxylic acids is 1. The third-order valence-electron chi connectivity index (χ3n) is 1.76. The first kappa shape index (κ1) is 11.5. The Balaban J connectivity index is 2.66. The Kier molecular flexibility index (Phi) is 3.68. The topological polar surface area (TPSA) is 63.6 Å². The van der Waals surface area contributed by atoms with Crippen molar-refractivity contribution in [1.82, 2.24) is 0 Å². The predicted octanol–water partition coefficient (Wildman–Crippen LogP) is 1.97. The van der Waals surface area contributed by atoms with Crippen molar-refractivity contribution in [3.63, 3.8) is 0 Å². The summed E-state index contributed by atoms with van der Waals surface area (Å²) in [6, 6.07) is 6.09. The molecule has 1 aromatic rings. The lowest BCUT2D eigenvalue weighted by atomic mass is 10.2. The highest BCUT2D eigenvalue weighted by atomic mass is 35.5. The van der Waals surface area contributed by atoms with Gasteiger partial charge in [0.2, 0.25) is 0 Å². The van der Waals surface area contributed by atoms with Crippen molar-refractivity contribution in [2.45, 2.75) is 6.92 Å². The van der Waals surface area contributed by atoms with E-state index in [1.807, 2.05) is 0 Å². The summed E-state index contributed by atoms with van der Waals surface area (Å²) in [7, 11) is 0. The third-order valence-corrected chi connectivity index (χ3v) is 2.01. The molecule has 1 atom stereocenters. The van der Waals surface area contributed by atoms with Crippen LogP contribution in [0.3, 0.4) is 0 Å². The van der Waals surface area contributed by atoms with Crippen LogP contribution in [0.4, 0.5) is 0 Å². The van der Waals surface area contributed by atoms with Gasteiger partial charge in [-0.1, -0.05) is 11.6 Å². The minimum Gasteiger partial charge on any atom is -0.481 e. The molecule has 0 amide bonds. The van der Waals surface area contributed by atoms with Gasteiger partial charge in [-0.05, 0) is 31.2 Å². The molecule has 1 unspecified atom stereocenters. The summed E-state index contributed by atoms with van der Waals surface area (Å²) in [4.78, 5) is 21.7. The van der Waals surface area contributed by atoms with E-state index < -0.39 is 17.9 Å². The Hall–Kier alpha value is -1.55. The lowest BCUT2D eigenvalue weighted by molar-refractivity contribution is -0.151. The fourth-order valence-electron chi connectivity index (χ4n) is 0.808. The third kappa shape index (κ3) is 3.25. The molecule has 1 N–H and O–H groups in total. The Morgan fingerprint density at radius 1 is 1.33 bits per heavy atom. The molecule has 0 heterocycles. The van der Waals surface area contributed by atoms with Crippen molar-refractivity contribution < 1.29 is 19.4 Å². The van der Waals surface area contributed by atoms with Gasteiger partial charge in [0.15, 0.2) is 5.92 Å². The first-order valence-corrected chi connectivity index (χ1v) is 4.58. The number of aliphatic carboxylic acids is 1. The quantitative estimate of drug-likeness (QED) is 0.488. The van der Waals surface area contributed by atoms with Crippen molar-refractivity contribution in [1.29, 1.82) is 0 Å². The lowest BCUT2D eigenvalue weighted by Crippen LogP contribution is -2.25. The van der Waals surface area contributed by atoms with E-state index in [2.05, 4.69) is 0 Å². The first-order valence-electron chi connectivity index (χ1n) is 4.21. The number of benzene rings is 1. The van der Waals surface area contributed by atoms with E-state index in [1.165, 1.54) is 19.1 Å². The van der Waals surface area contributed by atoms with Crippen molar-refractivity contribution >= 4 is 23.5 Å². The molecule has 0 spiro atoms. The zero-order chi connectivity index (χ0) is 11.4. The average molecular weight is 229 g/mol. The monoisotopic (exact) mass is 228 g/mol. The van der Waals surface area contributed by atoms with Crippen molar-refractivity contribution in [3.8, 4) is 5.75 Å².